The van der Waals surface area contributed by atoms with Gasteiger partial charge in [0.15, 0.2) is 11.5 Å². The minimum atomic E-state index is 0.272. The van der Waals surface area contributed by atoms with Crippen molar-refractivity contribution in [1.82, 2.24) is 14.8 Å². The molecule has 0 saturated carbocycles. The first-order valence-corrected chi connectivity index (χ1v) is 13.1. The van der Waals surface area contributed by atoms with E-state index >= 15 is 0 Å². The van der Waals surface area contributed by atoms with Crippen LogP contribution in [0.4, 0.5) is 5.82 Å². The van der Waals surface area contributed by atoms with Gasteiger partial charge in [-0.15, -0.1) is 0 Å². The Bertz CT molecular complexity index is 1510. The molecule has 198 valence electrons. The maximum Gasteiger partial charge on any atom is 0.164 e. The topological polar surface area (TPSA) is 79.7 Å². The monoisotopic (exact) mass is 522 g/mol. The van der Waals surface area contributed by atoms with Crippen LogP contribution in [0.3, 0.4) is 0 Å². The molecule has 6 rings (SSSR count). The lowest BCUT2D eigenvalue weighted by Crippen LogP contribution is -2.28. The summed E-state index contributed by atoms with van der Waals surface area (Å²) in [6.07, 6.45) is 3.60. The smallest absolute Gasteiger partial charge is 0.164 e. The first kappa shape index (κ1) is 24.8. The minimum absolute atomic E-state index is 0.272. The fourth-order valence-electron chi connectivity index (χ4n) is 4.63. The van der Waals surface area contributed by atoms with E-state index in [1.54, 1.807) is 13.3 Å². The third-order valence-corrected chi connectivity index (χ3v) is 6.68. The number of anilines is 1. The number of pyridine rings is 1. The lowest BCUT2D eigenvalue weighted by atomic mass is 10.1. The van der Waals surface area contributed by atoms with E-state index in [9.17, 15) is 0 Å². The number of para-hydroxylation sites is 1. The molecule has 0 radical (unpaired) electrons. The van der Waals surface area contributed by atoms with Gasteiger partial charge in [0.1, 0.15) is 34.1 Å². The van der Waals surface area contributed by atoms with E-state index in [0.29, 0.717) is 18.0 Å². The molecule has 0 spiro atoms. The van der Waals surface area contributed by atoms with Crippen molar-refractivity contribution in [3.63, 3.8) is 0 Å². The average Bonchev–Trinajstić information content (AvgIpc) is 3.33. The Morgan fingerprint density at radius 3 is 2.21 bits per heavy atom. The highest BCUT2D eigenvalue weighted by Crippen LogP contribution is 2.36. The second-order valence-electron chi connectivity index (χ2n) is 9.38. The number of ether oxygens (including phenoxy) is 4. The highest BCUT2D eigenvalue weighted by Gasteiger charge is 2.21. The normalized spacial score (nSPS) is 13.8. The third kappa shape index (κ3) is 5.81. The number of nitrogens with zero attached hydrogens (tertiary/aromatic N) is 3. The summed E-state index contributed by atoms with van der Waals surface area (Å²) in [5.74, 6) is 4.49. The van der Waals surface area contributed by atoms with Crippen LogP contribution < -0.4 is 19.5 Å². The van der Waals surface area contributed by atoms with Gasteiger partial charge in [0.05, 0.1) is 13.7 Å². The third-order valence-electron chi connectivity index (χ3n) is 6.68. The first-order valence-electron chi connectivity index (χ1n) is 13.1. The highest BCUT2D eigenvalue weighted by molar-refractivity contribution is 5.93. The number of fused-ring (bicyclic) bond motifs is 1. The molecule has 1 saturated heterocycles. The van der Waals surface area contributed by atoms with Crippen LogP contribution in [0.15, 0.2) is 91.1 Å². The summed E-state index contributed by atoms with van der Waals surface area (Å²) in [5, 5.41) is 9.44. The summed E-state index contributed by atoms with van der Waals surface area (Å²) in [4.78, 5) is 4.70. The van der Waals surface area contributed by atoms with Gasteiger partial charge in [-0.2, -0.15) is 5.10 Å². The molecule has 2 aromatic heterocycles. The molecule has 1 fully saturated rings. The summed E-state index contributed by atoms with van der Waals surface area (Å²) >= 11 is 0. The second kappa shape index (κ2) is 11.4. The van der Waals surface area contributed by atoms with E-state index in [-0.39, 0.29) is 6.04 Å². The van der Waals surface area contributed by atoms with Crippen molar-refractivity contribution in [3.05, 3.63) is 96.7 Å². The Morgan fingerprint density at radius 1 is 0.821 bits per heavy atom. The van der Waals surface area contributed by atoms with Gasteiger partial charge in [0, 0.05) is 31.5 Å². The lowest BCUT2D eigenvalue weighted by Gasteiger charge is -2.23. The van der Waals surface area contributed by atoms with Crippen LogP contribution in [-0.2, 0) is 11.3 Å². The maximum atomic E-state index is 6.39. The zero-order chi connectivity index (χ0) is 26.4. The van der Waals surface area contributed by atoms with Crippen molar-refractivity contribution in [2.45, 2.75) is 25.4 Å². The molecule has 39 heavy (non-hydrogen) atoms. The average molecular weight is 523 g/mol. The number of methoxy groups -OCH3 is 1. The molecular formula is C31H30N4O4. The molecule has 1 aliphatic rings. The van der Waals surface area contributed by atoms with Crippen LogP contribution in [0.5, 0.6) is 28.7 Å². The Kier molecular flexibility index (Phi) is 7.27. The van der Waals surface area contributed by atoms with E-state index in [1.807, 2.05) is 89.6 Å². The number of rotatable bonds is 9. The van der Waals surface area contributed by atoms with Crippen molar-refractivity contribution in [1.29, 1.82) is 0 Å². The van der Waals surface area contributed by atoms with Crippen molar-refractivity contribution in [2.75, 3.05) is 25.6 Å². The van der Waals surface area contributed by atoms with Crippen molar-refractivity contribution >= 4 is 16.9 Å². The van der Waals surface area contributed by atoms with Gasteiger partial charge < -0.3 is 24.3 Å². The number of benzene rings is 3. The Hall–Kier alpha value is -4.56. The lowest BCUT2D eigenvalue weighted by molar-refractivity contribution is 0.0904. The van der Waals surface area contributed by atoms with Gasteiger partial charge in [0.2, 0.25) is 0 Å². The van der Waals surface area contributed by atoms with Crippen LogP contribution >= 0.6 is 0 Å². The molecule has 8 nitrogen and oxygen atoms in total. The van der Waals surface area contributed by atoms with Gasteiger partial charge >= 0.3 is 0 Å². The standard InChI is InChI=1S/C31H30N4O4/c1-36-24-9-7-22(8-10-24)21-35-31-29(30(34-35)33-23-16-19-37-20-17-23)28(15-18-32-31)39-27-13-11-26(12-14-27)38-25-5-3-2-4-6-25/h2-15,18,23H,16-17,19-21H2,1H3,(H,33,34). The molecule has 1 aliphatic heterocycles. The molecule has 0 unspecified atom stereocenters. The van der Waals surface area contributed by atoms with Gasteiger partial charge in [0.25, 0.3) is 0 Å². The summed E-state index contributed by atoms with van der Waals surface area (Å²) in [7, 11) is 1.67. The Morgan fingerprint density at radius 2 is 1.49 bits per heavy atom. The maximum absolute atomic E-state index is 6.39. The van der Waals surface area contributed by atoms with Crippen molar-refractivity contribution in [3.8, 4) is 28.7 Å². The molecule has 5 aromatic rings. The molecule has 1 N–H and O–H groups in total. The second-order valence-corrected chi connectivity index (χ2v) is 9.38. The van der Waals surface area contributed by atoms with E-state index in [0.717, 1.165) is 65.7 Å². The van der Waals surface area contributed by atoms with Crippen molar-refractivity contribution < 1.29 is 18.9 Å². The molecule has 8 heteroatoms. The molecular weight excluding hydrogens is 492 g/mol. The minimum Gasteiger partial charge on any atom is -0.497 e. The van der Waals surface area contributed by atoms with Crippen LogP contribution in [0.2, 0.25) is 0 Å². The fourth-order valence-corrected chi connectivity index (χ4v) is 4.63. The van der Waals surface area contributed by atoms with Crippen LogP contribution in [0, 0.1) is 0 Å². The quantitative estimate of drug-likeness (QED) is 0.232. The molecule has 0 bridgehead atoms. The summed E-state index contributed by atoms with van der Waals surface area (Å²) < 4.78 is 25.1. The highest BCUT2D eigenvalue weighted by atomic mass is 16.5. The van der Waals surface area contributed by atoms with E-state index in [4.69, 9.17) is 29.0 Å². The van der Waals surface area contributed by atoms with Gasteiger partial charge in [-0.25, -0.2) is 9.67 Å². The zero-order valence-corrected chi connectivity index (χ0v) is 21.7. The number of aromatic nitrogens is 3. The largest absolute Gasteiger partial charge is 0.497 e. The molecule has 0 atom stereocenters. The summed E-state index contributed by atoms with van der Waals surface area (Å²) in [5.41, 5.74) is 1.85. The van der Waals surface area contributed by atoms with Gasteiger partial charge in [-0.1, -0.05) is 30.3 Å². The van der Waals surface area contributed by atoms with Crippen LogP contribution in [0.1, 0.15) is 18.4 Å². The molecule has 0 amide bonds. The summed E-state index contributed by atoms with van der Waals surface area (Å²) in [6.45, 7) is 2.04. The SMILES string of the molecule is COc1ccc(Cn2nc(NC3CCOCC3)c3c(Oc4ccc(Oc5ccccc5)cc4)ccnc32)cc1. The van der Waals surface area contributed by atoms with Gasteiger partial charge in [-0.3, -0.25) is 0 Å². The fraction of sp³-hybridized carbons (Fsp3) is 0.226. The zero-order valence-electron chi connectivity index (χ0n) is 21.7. The summed E-state index contributed by atoms with van der Waals surface area (Å²) in [6, 6.07) is 27.4. The molecule has 3 aromatic carbocycles. The number of nitrogens with one attached hydrogen (secondary N) is 1. The predicted octanol–water partition coefficient (Wildman–Crippen LogP) is 6.66. The van der Waals surface area contributed by atoms with E-state index in [2.05, 4.69) is 5.32 Å². The Labute approximate surface area is 227 Å². The number of hydrogen-bond acceptors (Lipinski definition) is 7. The van der Waals surface area contributed by atoms with Crippen LogP contribution in [-0.4, -0.2) is 41.1 Å². The predicted molar refractivity (Wildman–Crippen MR) is 150 cm³/mol. The first-order chi connectivity index (χ1) is 19.2. The van der Waals surface area contributed by atoms with E-state index < -0.39 is 0 Å². The number of hydrogen-bond donors (Lipinski definition) is 1. The molecule has 0 aliphatic carbocycles. The van der Waals surface area contributed by atoms with Crippen molar-refractivity contribution in [2.24, 2.45) is 0 Å². The Balaban J connectivity index is 1.30. The van der Waals surface area contributed by atoms with Gasteiger partial charge in [-0.05, 0) is 66.9 Å². The van der Waals surface area contributed by atoms with E-state index in [1.165, 1.54) is 0 Å². The van der Waals surface area contributed by atoms with Crippen LogP contribution in [0.25, 0.3) is 11.0 Å². The molecule has 3 heterocycles.